The Kier molecular flexibility index (Phi) is 8.10. The first kappa shape index (κ1) is 21.7. The van der Waals surface area contributed by atoms with Crippen LogP contribution in [0.2, 0.25) is 0 Å². The third-order valence-electron chi connectivity index (χ3n) is 4.79. The maximum Gasteiger partial charge on any atom is 0.119 e. The van der Waals surface area contributed by atoms with Crippen molar-refractivity contribution in [3.8, 4) is 11.5 Å². The molecule has 0 aliphatic heterocycles. The molecule has 0 saturated carbocycles. The monoisotopic (exact) mass is 401 g/mol. The van der Waals surface area contributed by atoms with Gasteiger partial charge in [0.25, 0.3) is 0 Å². The molecule has 0 aliphatic carbocycles. The fourth-order valence-electron chi connectivity index (χ4n) is 3.15. The Morgan fingerprint density at radius 1 is 0.767 bits per heavy atom. The molecule has 0 spiro atoms. The highest BCUT2D eigenvalue weighted by Crippen LogP contribution is 2.27. The number of rotatable bonds is 10. The minimum absolute atomic E-state index is 0.577. The fourth-order valence-corrected chi connectivity index (χ4v) is 3.15. The Labute approximate surface area is 180 Å². The molecule has 0 aromatic heterocycles. The topological polar surface area (TPSA) is 21.7 Å². The first-order valence-electron chi connectivity index (χ1n) is 10.5. The van der Waals surface area contributed by atoms with Gasteiger partial charge in [0.15, 0.2) is 0 Å². The van der Waals surface area contributed by atoms with Crippen LogP contribution in [-0.2, 0) is 6.61 Å². The van der Waals surface area contributed by atoms with E-state index in [1.807, 2.05) is 56.6 Å². The Bertz CT molecular complexity index is 913. The zero-order chi connectivity index (χ0) is 21.2. The van der Waals surface area contributed by atoms with Gasteiger partial charge in [-0.2, -0.15) is 0 Å². The van der Waals surface area contributed by atoms with E-state index in [0.29, 0.717) is 13.2 Å². The molecule has 3 aromatic rings. The number of benzene rings is 3. The maximum atomic E-state index is 5.92. The second kappa shape index (κ2) is 11.2. The van der Waals surface area contributed by atoms with Gasteiger partial charge in [0.2, 0.25) is 0 Å². The quantitative estimate of drug-likeness (QED) is 0.413. The summed E-state index contributed by atoms with van der Waals surface area (Å²) < 4.78 is 11.7. The van der Waals surface area contributed by atoms with Gasteiger partial charge in [-0.1, -0.05) is 67.6 Å². The lowest BCUT2D eigenvalue weighted by Crippen LogP contribution is -2.19. The average molecular weight is 402 g/mol. The predicted octanol–water partition coefficient (Wildman–Crippen LogP) is 6.05. The smallest absolute Gasteiger partial charge is 0.119 e. The second-order valence-electron chi connectivity index (χ2n) is 7.50. The van der Waals surface area contributed by atoms with Crippen molar-refractivity contribution in [1.29, 1.82) is 0 Å². The van der Waals surface area contributed by atoms with Crippen molar-refractivity contribution in [2.75, 3.05) is 27.2 Å². The first-order valence-corrected chi connectivity index (χ1v) is 10.5. The van der Waals surface area contributed by atoms with E-state index in [9.17, 15) is 0 Å². The number of hydrogen-bond acceptors (Lipinski definition) is 3. The molecule has 156 valence electrons. The summed E-state index contributed by atoms with van der Waals surface area (Å²) in [6.45, 7) is 4.33. The van der Waals surface area contributed by atoms with Crippen LogP contribution in [0.25, 0.3) is 5.57 Å². The summed E-state index contributed by atoms with van der Waals surface area (Å²) in [4.78, 5) is 2.11. The summed E-state index contributed by atoms with van der Waals surface area (Å²) in [5, 5.41) is 0. The van der Waals surface area contributed by atoms with E-state index in [1.54, 1.807) is 0 Å². The van der Waals surface area contributed by atoms with Crippen LogP contribution in [0.3, 0.4) is 0 Å². The van der Waals surface area contributed by atoms with Crippen molar-refractivity contribution < 1.29 is 9.47 Å². The van der Waals surface area contributed by atoms with Crippen molar-refractivity contribution in [3.63, 3.8) is 0 Å². The van der Waals surface area contributed by atoms with E-state index >= 15 is 0 Å². The van der Waals surface area contributed by atoms with E-state index in [0.717, 1.165) is 24.5 Å². The molecule has 30 heavy (non-hydrogen) atoms. The highest BCUT2D eigenvalue weighted by atomic mass is 16.5. The minimum atomic E-state index is 0.577. The van der Waals surface area contributed by atoms with Gasteiger partial charge in [0.1, 0.15) is 24.7 Å². The lowest BCUT2D eigenvalue weighted by molar-refractivity contribution is 0.261. The molecule has 0 saturated heterocycles. The number of ether oxygens (including phenoxy) is 2. The highest BCUT2D eigenvalue weighted by molar-refractivity contribution is 5.80. The molecule has 0 N–H and O–H groups in total. The van der Waals surface area contributed by atoms with E-state index in [4.69, 9.17) is 9.47 Å². The summed E-state index contributed by atoms with van der Waals surface area (Å²) >= 11 is 0. The molecule has 3 nitrogen and oxygen atoms in total. The molecule has 3 heteroatoms. The number of likely N-dealkylation sites (N-methyl/N-ethyl adjacent to an activating group) is 1. The van der Waals surface area contributed by atoms with Crippen LogP contribution in [0.4, 0.5) is 0 Å². The summed E-state index contributed by atoms with van der Waals surface area (Å²) in [5.74, 6) is 1.78. The molecule has 0 fully saturated rings. The van der Waals surface area contributed by atoms with Crippen LogP contribution in [-0.4, -0.2) is 32.1 Å². The summed E-state index contributed by atoms with van der Waals surface area (Å²) in [5.41, 5.74) is 4.77. The number of nitrogens with zero attached hydrogens (tertiary/aromatic N) is 1. The molecule has 0 atom stereocenters. The first-order chi connectivity index (χ1) is 14.7. The molecular weight excluding hydrogens is 370 g/mol. The lowest BCUT2D eigenvalue weighted by Gasteiger charge is -2.13. The highest BCUT2D eigenvalue weighted by Gasteiger charge is 2.06. The molecule has 0 radical (unpaired) electrons. The minimum Gasteiger partial charge on any atom is -0.492 e. The van der Waals surface area contributed by atoms with Crippen LogP contribution in [0.5, 0.6) is 11.5 Å². The SMILES string of the molecule is CC/C=C(\c1ccc(OCCN(C)C)cc1)c1ccc(OCc2ccccc2)cc1. The van der Waals surface area contributed by atoms with Gasteiger partial charge < -0.3 is 14.4 Å². The van der Waals surface area contributed by atoms with Crippen molar-refractivity contribution in [2.24, 2.45) is 0 Å². The van der Waals surface area contributed by atoms with Gasteiger partial charge in [-0.25, -0.2) is 0 Å². The summed E-state index contributed by atoms with van der Waals surface area (Å²) in [6.07, 6.45) is 3.24. The summed E-state index contributed by atoms with van der Waals surface area (Å²) in [7, 11) is 4.10. The van der Waals surface area contributed by atoms with Crippen molar-refractivity contribution in [2.45, 2.75) is 20.0 Å². The van der Waals surface area contributed by atoms with E-state index in [2.05, 4.69) is 54.3 Å². The predicted molar refractivity (Wildman–Crippen MR) is 125 cm³/mol. The van der Waals surface area contributed by atoms with Crippen molar-refractivity contribution in [1.82, 2.24) is 4.90 Å². The van der Waals surface area contributed by atoms with E-state index < -0.39 is 0 Å². The van der Waals surface area contributed by atoms with Gasteiger partial charge in [-0.15, -0.1) is 0 Å². The van der Waals surface area contributed by atoms with Crippen LogP contribution < -0.4 is 9.47 Å². The van der Waals surface area contributed by atoms with Crippen molar-refractivity contribution in [3.05, 3.63) is 102 Å². The lowest BCUT2D eigenvalue weighted by atomic mass is 9.97. The van der Waals surface area contributed by atoms with Gasteiger partial charge in [0, 0.05) is 6.54 Å². The molecule has 0 amide bonds. The Balaban J connectivity index is 1.66. The van der Waals surface area contributed by atoms with Gasteiger partial charge in [0.05, 0.1) is 0 Å². The normalized spacial score (nSPS) is 11.5. The molecule has 0 aliphatic rings. The fraction of sp³-hybridized carbons (Fsp3) is 0.259. The molecule has 3 rings (SSSR count). The van der Waals surface area contributed by atoms with E-state index in [-0.39, 0.29) is 0 Å². The second-order valence-corrected chi connectivity index (χ2v) is 7.50. The Morgan fingerprint density at radius 2 is 1.33 bits per heavy atom. The zero-order valence-corrected chi connectivity index (χ0v) is 18.2. The van der Waals surface area contributed by atoms with Crippen LogP contribution in [0.1, 0.15) is 30.0 Å². The molecule has 3 aromatic carbocycles. The van der Waals surface area contributed by atoms with Gasteiger partial charge in [-0.05, 0) is 67.0 Å². The number of allylic oxidation sites excluding steroid dienone is 1. The molecular formula is C27H31NO2. The summed E-state index contributed by atoms with van der Waals surface area (Å²) in [6, 6.07) is 26.9. The molecule has 0 heterocycles. The third-order valence-corrected chi connectivity index (χ3v) is 4.79. The van der Waals surface area contributed by atoms with E-state index in [1.165, 1.54) is 22.3 Å². The van der Waals surface area contributed by atoms with Crippen molar-refractivity contribution >= 4 is 5.57 Å². The third kappa shape index (κ3) is 6.50. The van der Waals surface area contributed by atoms with Gasteiger partial charge >= 0.3 is 0 Å². The average Bonchev–Trinajstić information content (AvgIpc) is 2.78. The Hall–Kier alpha value is -3.04. The Morgan fingerprint density at radius 3 is 1.87 bits per heavy atom. The largest absolute Gasteiger partial charge is 0.492 e. The van der Waals surface area contributed by atoms with Crippen LogP contribution >= 0.6 is 0 Å². The zero-order valence-electron chi connectivity index (χ0n) is 18.2. The molecule has 0 unspecified atom stereocenters. The van der Waals surface area contributed by atoms with Crippen LogP contribution in [0.15, 0.2) is 84.9 Å². The van der Waals surface area contributed by atoms with Crippen LogP contribution in [0, 0.1) is 0 Å². The number of hydrogen-bond donors (Lipinski definition) is 0. The standard InChI is InChI=1S/C27H31NO2/c1-4-8-27(23-11-15-25(16-12-23)29-20-19-28(2)3)24-13-17-26(18-14-24)30-21-22-9-6-5-7-10-22/h5-18H,4,19-21H2,1-3H3/b27-8+. The maximum absolute atomic E-state index is 5.92. The molecule has 0 bridgehead atoms. The van der Waals surface area contributed by atoms with Gasteiger partial charge in [-0.3, -0.25) is 0 Å².